The number of hydrogen-bond acceptors (Lipinski definition) is 3. The first-order valence-corrected chi connectivity index (χ1v) is 7.05. The van der Waals surface area contributed by atoms with Gasteiger partial charge in [0.05, 0.1) is 5.69 Å². The average molecular weight is 273 g/mol. The van der Waals surface area contributed by atoms with Gasteiger partial charge in [-0.15, -0.1) is 0 Å². The van der Waals surface area contributed by atoms with E-state index in [0.29, 0.717) is 5.75 Å². The number of hydrogen-bond donors (Lipinski definition) is 2. The Labute approximate surface area is 120 Å². The van der Waals surface area contributed by atoms with Crippen molar-refractivity contribution < 1.29 is 5.11 Å². The van der Waals surface area contributed by atoms with E-state index >= 15 is 0 Å². The Morgan fingerprint density at radius 3 is 2.85 bits per heavy atom. The fourth-order valence-electron chi connectivity index (χ4n) is 2.42. The molecule has 0 fully saturated rings. The highest BCUT2D eigenvalue weighted by Gasteiger charge is 2.12. The SMILES string of the molecule is CCc1nn(C)cc1CNC(C)c1cc(C)ccc1O. The van der Waals surface area contributed by atoms with Gasteiger partial charge in [-0.05, 0) is 26.3 Å². The second kappa shape index (κ2) is 6.09. The lowest BCUT2D eigenvalue weighted by Crippen LogP contribution is -2.18. The van der Waals surface area contributed by atoms with Crippen LogP contribution in [0.2, 0.25) is 0 Å². The van der Waals surface area contributed by atoms with Gasteiger partial charge < -0.3 is 10.4 Å². The van der Waals surface area contributed by atoms with Crippen molar-refractivity contribution in [3.8, 4) is 5.75 Å². The first-order chi connectivity index (χ1) is 9.51. The number of rotatable bonds is 5. The Bertz CT molecular complexity index is 589. The van der Waals surface area contributed by atoms with Gasteiger partial charge in [0.25, 0.3) is 0 Å². The van der Waals surface area contributed by atoms with Gasteiger partial charge in [-0.2, -0.15) is 5.10 Å². The van der Waals surface area contributed by atoms with Crippen molar-refractivity contribution in [2.24, 2.45) is 7.05 Å². The molecule has 0 bridgehead atoms. The topological polar surface area (TPSA) is 50.1 Å². The number of aryl methyl sites for hydroxylation is 3. The van der Waals surface area contributed by atoms with Gasteiger partial charge in [-0.25, -0.2) is 0 Å². The number of phenolic OH excluding ortho intramolecular Hbond substituents is 1. The summed E-state index contributed by atoms with van der Waals surface area (Å²) in [6, 6.07) is 5.79. The summed E-state index contributed by atoms with van der Waals surface area (Å²) in [4.78, 5) is 0. The van der Waals surface area contributed by atoms with Crippen LogP contribution in [-0.2, 0) is 20.0 Å². The normalized spacial score (nSPS) is 12.6. The van der Waals surface area contributed by atoms with Gasteiger partial charge in [-0.3, -0.25) is 4.68 Å². The Morgan fingerprint density at radius 1 is 1.40 bits per heavy atom. The number of nitrogens with one attached hydrogen (secondary N) is 1. The van der Waals surface area contributed by atoms with E-state index in [2.05, 4.69) is 30.5 Å². The highest BCUT2D eigenvalue weighted by Crippen LogP contribution is 2.25. The molecule has 0 saturated heterocycles. The number of benzene rings is 1. The summed E-state index contributed by atoms with van der Waals surface area (Å²) in [6.45, 7) is 6.97. The summed E-state index contributed by atoms with van der Waals surface area (Å²) in [5.41, 5.74) is 4.43. The lowest BCUT2D eigenvalue weighted by Gasteiger charge is -2.16. The largest absolute Gasteiger partial charge is 0.508 e. The Hall–Kier alpha value is -1.81. The minimum atomic E-state index is 0.0970. The van der Waals surface area contributed by atoms with Crippen molar-refractivity contribution in [2.75, 3.05) is 0 Å². The van der Waals surface area contributed by atoms with Crippen LogP contribution in [0.3, 0.4) is 0 Å². The average Bonchev–Trinajstić information content (AvgIpc) is 2.79. The van der Waals surface area contributed by atoms with E-state index in [4.69, 9.17) is 0 Å². The molecule has 0 aliphatic rings. The Balaban J connectivity index is 2.08. The number of aromatic hydroxyl groups is 1. The van der Waals surface area contributed by atoms with Crippen LogP contribution in [-0.4, -0.2) is 14.9 Å². The molecular weight excluding hydrogens is 250 g/mol. The van der Waals surface area contributed by atoms with Gasteiger partial charge in [0, 0.05) is 37.0 Å². The summed E-state index contributed by atoms with van der Waals surface area (Å²) in [7, 11) is 1.94. The highest BCUT2D eigenvalue weighted by molar-refractivity contribution is 5.37. The van der Waals surface area contributed by atoms with Gasteiger partial charge >= 0.3 is 0 Å². The van der Waals surface area contributed by atoms with E-state index in [9.17, 15) is 5.11 Å². The van der Waals surface area contributed by atoms with E-state index in [-0.39, 0.29) is 6.04 Å². The van der Waals surface area contributed by atoms with E-state index < -0.39 is 0 Å². The molecule has 0 aliphatic carbocycles. The van der Waals surface area contributed by atoms with Crippen LogP contribution >= 0.6 is 0 Å². The molecule has 20 heavy (non-hydrogen) atoms. The lowest BCUT2D eigenvalue weighted by atomic mass is 10.0. The molecule has 0 spiro atoms. The molecule has 0 radical (unpaired) electrons. The summed E-state index contributed by atoms with van der Waals surface area (Å²) >= 11 is 0. The van der Waals surface area contributed by atoms with Crippen LogP contribution in [0.4, 0.5) is 0 Å². The molecule has 0 saturated carbocycles. The number of nitrogens with zero attached hydrogens (tertiary/aromatic N) is 2. The maximum absolute atomic E-state index is 9.95. The van der Waals surface area contributed by atoms with Gasteiger partial charge in [0.2, 0.25) is 0 Å². The third-order valence-electron chi connectivity index (χ3n) is 3.57. The van der Waals surface area contributed by atoms with E-state index in [1.165, 1.54) is 5.56 Å². The standard InChI is InChI=1S/C16H23N3O/c1-5-15-13(10-19(4)18-15)9-17-12(3)14-8-11(2)6-7-16(14)20/h6-8,10,12,17,20H,5,9H2,1-4H3. The highest BCUT2D eigenvalue weighted by atomic mass is 16.3. The van der Waals surface area contributed by atoms with Crippen LogP contribution in [0, 0.1) is 6.92 Å². The van der Waals surface area contributed by atoms with Gasteiger partial charge in [-0.1, -0.05) is 24.6 Å². The summed E-state index contributed by atoms with van der Waals surface area (Å²) in [6.07, 6.45) is 2.98. The third-order valence-corrected chi connectivity index (χ3v) is 3.57. The van der Waals surface area contributed by atoms with Crippen molar-refractivity contribution in [3.63, 3.8) is 0 Å². The maximum Gasteiger partial charge on any atom is 0.120 e. The molecule has 108 valence electrons. The molecule has 4 nitrogen and oxygen atoms in total. The zero-order valence-electron chi connectivity index (χ0n) is 12.6. The molecule has 1 unspecified atom stereocenters. The maximum atomic E-state index is 9.95. The molecular formula is C16H23N3O. The van der Waals surface area contributed by atoms with E-state index in [1.807, 2.05) is 30.8 Å². The molecule has 2 rings (SSSR count). The predicted molar refractivity (Wildman–Crippen MR) is 80.7 cm³/mol. The van der Waals surface area contributed by atoms with Crippen LogP contribution in [0.5, 0.6) is 5.75 Å². The molecule has 1 atom stereocenters. The fraction of sp³-hybridized carbons (Fsp3) is 0.438. The van der Waals surface area contributed by atoms with Crippen molar-refractivity contribution in [3.05, 3.63) is 46.8 Å². The smallest absolute Gasteiger partial charge is 0.120 e. The van der Waals surface area contributed by atoms with Gasteiger partial charge in [0.15, 0.2) is 0 Å². The molecule has 1 aromatic heterocycles. The molecule has 0 amide bonds. The second-order valence-corrected chi connectivity index (χ2v) is 5.29. The number of aromatic nitrogens is 2. The first kappa shape index (κ1) is 14.6. The Kier molecular flexibility index (Phi) is 4.45. The van der Waals surface area contributed by atoms with Crippen LogP contribution < -0.4 is 5.32 Å². The van der Waals surface area contributed by atoms with E-state index in [0.717, 1.165) is 29.8 Å². The lowest BCUT2D eigenvalue weighted by molar-refractivity contribution is 0.452. The predicted octanol–water partition coefficient (Wildman–Crippen LogP) is 2.85. The van der Waals surface area contributed by atoms with Crippen molar-refractivity contribution in [1.82, 2.24) is 15.1 Å². The fourth-order valence-corrected chi connectivity index (χ4v) is 2.42. The zero-order valence-corrected chi connectivity index (χ0v) is 12.6. The van der Waals surface area contributed by atoms with Crippen LogP contribution in [0.1, 0.15) is 42.3 Å². The zero-order chi connectivity index (χ0) is 14.7. The van der Waals surface area contributed by atoms with Crippen LogP contribution in [0.25, 0.3) is 0 Å². The summed E-state index contributed by atoms with van der Waals surface area (Å²) in [5.74, 6) is 0.345. The molecule has 2 aromatic rings. The van der Waals surface area contributed by atoms with Crippen molar-refractivity contribution >= 4 is 0 Å². The molecule has 1 heterocycles. The van der Waals surface area contributed by atoms with Gasteiger partial charge in [0.1, 0.15) is 5.75 Å². The molecule has 2 N–H and O–H groups in total. The summed E-state index contributed by atoms with van der Waals surface area (Å²) in [5, 5.41) is 17.8. The second-order valence-electron chi connectivity index (χ2n) is 5.29. The molecule has 0 aliphatic heterocycles. The molecule has 1 aromatic carbocycles. The third kappa shape index (κ3) is 3.20. The minimum absolute atomic E-state index is 0.0970. The monoisotopic (exact) mass is 273 g/mol. The van der Waals surface area contributed by atoms with Crippen molar-refractivity contribution in [1.29, 1.82) is 0 Å². The Morgan fingerprint density at radius 2 is 2.15 bits per heavy atom. The number of phenols is 1. The van der Waals surface area contributed by atoms with Crippen molar-refractivity contribution in [2.45, 2.75) is 39.8 Å². The van der Waals surface area contributed by atoms with E-state index in [1.54, 1.807) is 6.07 Å². The molecule has 4 heteroatoms. The summed E-state index contributed by atoms with van der Waals surface area (Å²) < 4.78 is 1.85. The minimum Gasteiger partial charge on any atom is -0.508 e. The quantitative estimate of drug-likeness (QED) is 0.880. The van der Waals surface area contributed by atoms with Crippen LogP contribution in [0.15, 0.2) is 24.4 Å². The first-order valence-electron chi connectivity index (χ1n) is 7.05.